The summed E-state index contributed by atoms with van der Waals surface area (Å²) < 4.78 is 15.5. The zero-order valence-corrected chi connectivity index (χ0v) is 17.3. The van der Waals surface area contributed by atoms with Crippen LogP contribution in [0.3, 0.4) is 0 Å². The molecule has 1 unspecified atom stereocenters. The molecule has 150 valence electrons. The van der Waals surface area contributed by atoms with Gasteiger partial charge < -0.3 is 19.5 Å². The Kier molecular flexibility index (Phi) is 9.15. The van der Waals surface area contributed by atoms with Gasteiger partial charge in [0.05, 0.1) is 18.7 Å². The van der Waals surface area contributed by atoms with Crippen LogP contribution in [0.25, 0.3) is 0 Å². The van der Waals surface area contributed by atoms with E-state index in [2.05, 4.69) is 26.1 Å². The van der Waals surface area contributed by atoms with Gasteiger partial charge in [-0.05, 0) is 37.3 Å². The van der Waals surface area contributed by atoms with Crippen molar-refractivity contribution in [3.8, 4) is 5.75 Å². The fourth-order valence-electron chi connectivity index (χ4n) is 2.14. The van der Waals surface area contributed by atoms with Crippen molar-refractivity contribution in [3.05, 3.63) is 41.2 Å². The average Bonchev–Trinajstić information content (AvgIpc) is 2.60. The summed E-state index contributed by atoms with van der Waals surface area (Å²) in [4.78, 5) is 24.3. The Morgan fingerprint density at radius 1 is 1.26 bits per heavy atom. The predicted molar refractivity (Wildman–Crippen MR) is 104 cm³/mol. The van der Waals surface area contributed by atoms with Crippen molar-refractivity contribution >= 4 is 23.5 Å². The van der Waals surface area contributed by atoms with Crippen LogP contribution in [0.5, 0.6) is 5.75 Å². The summed E-state index contributed by atoms with van der Waals surface area (Å²) in [6.45, 7) is 8.14. The molecule has 0 saturated carbocycles. The lowest BCUT2D eigenvalue weighted by Crippen LogP contribution is -2.36. The Morgan fingerprint density at radius 2 is 1.93 bits per heavy atom. The molecular weight excluding hydrogens is 370 g/mol. The number of esters is 2. The maximum absolute atomic E-state index is 12.2. The van der Waals surface area contributed by atoms with Gasteiger partial charge in [0.1, 0.15) is 11.8 Å². The van der Waals surface area contributed by atoms with Crippen LogP contribution in [-0.2, 0) is 19.1 Å². The lowest BCUT2D eigenvalue weighted by molar-refractivity contribution is -0.144. The third-order valence-corrected chi connectivity index (χ3v) is 3.93. The van der Waals surface area contributed by atoms with E-state index in [1.54, 1.807) is 31.2 Å². The molecule has 0 aromatic heterocycles. The summed E-state index contributed by atoms with van der Waals surface area (Å²) in [5.41, 5.74) is 0.0513. The number of carbonyl (C=O) groups excluding carboxylic acids is 2. The Morgan fingerprint density at radius 3 is 2.48 bits per heavy atom. The highest BCUT2D eigenvalue weighted by Crippen LogP contribution is 2.25. The molecule has 0 heterocycles. The van der Waals surface area contributed by atoms with Crippen LogP contribution in [0, 0.1) is 5.41 Å². The van der Waals surface area contributed by atoms with E-state index in [4.69, 9.17) is 25.8 Å². The van der Waals surface area contributed by atoms with E-state index in [1.807, 2.05) is 0 Å². The Labute approximate surface area is 165 Å². The SMILES string of the molecule is CCOC(=O)C(=CNC(CCC(C)(C)C)C(=O)OC)Oc1ccccc1Cl. The first-order valence-electron chi connectivity index (χ1n) is 8.81. The third kappa shape index (κ3) is 8.35. The van der Waals surface area contributed by atoms with E-state index in [-0.39, 0.29) is 17.8 Å². The normalized spacial score (nSPS) is 12.9. The van der Waals surface area contributed by atoms with Crippen LogP contribution in [0.4, 0.5) is 0 Å². The Balaban J connectivity index is 3.00. The molecule has 1 atom stereocenters. The van der Waals surface area contributed by atoms with E-state index in [1.165, 1.54) is 13.3 Å². The van der Waals surface area contributed by atoms with Gasteiger partial charge in [0.25, 0.3) is 0 Å². The van der Waals surface area contributed by atoms with Crippen molar-refractivity contribution in [2.75, 3.05) is 13.7 Å². The topological polar surface area (TPSA) is 73.9 Å². The van der Waals surface area contributed by atoms with Crippen LogP contribution in [-0.4, -0.2) is 31.7 Å². The van der Waals surface area contributed by atoms with Gasteiger partial charge in [0, 0.05) is 6.20 Å². The third-order valence-electron chi connectivity index (χ3n) is 3.62. The lowest BCUT2D eigenvalue weighted by Gasteiger charge is -2.22. The number of ether oxygens (including phenoxy) is 3. The Hall–Kier alpha value is -2.21. The van der Waals surface area contributed by atoms with Crippen molar-refractivity contribution in [1.82, 2.24) is 5.32 Å². The number of halogens is 1. The average molecular weight is 398 g/mol. The number of carbonyl (C=O) groups is 2. The molecule has 0 aliphatic heterocycles. The molecule has 1 aromatic rings. The van der Waals surface area contributed by atoms with Crippen LogP contribution in [0.15, 0.2) is 36.2 Å². The first-order valence-corrected chi connectivity index (χ1v) is 9.19. The summed E-state index contributed by atoms with van der Waals surface area (Å²) in [7, 11) is 1.32. The minimum atomic E-state index is -0.663. The fraction of sp³-hybridized carbons (Fsp3) is 0.500. The molecule has 0 fully saturated rings. The molecule has 0 bridgehead atoms. The molecule has 1 N–H and O–H groups in total. The van der Waals surface area contributed by atoms with E-state index < -0.39 is 18.0 Å². The number of methoxy groups -OCH3 is 1. The van der Waals surface area contributed by atoms with Crippen molar-refractivity contribution in [2.24, 2.45) is 5.41 Å². The highest BCUT2D eigenvalue weighted by Gasteiger charge is 2.23. The van der Waals surface area contributed by atoms with Crippen LogP contribution in [0.1, 0.15) is 40.5 Å². The quantitative estimate of drug-likeness (QED) is 0.384. The van der Waals surface area contributed by atoms with E-state index >= 15 is 0 Å². The predicted octanol–water partition coefficient (Wildman–Crippen LogP) is 4.08. The summed E-state index contributed by atoms with van der Waals surface area (Å²) in [5.74, 6) is -0.875. The highest BCUT2D eigenvalue weighted by atomic mass is 35.5. The van der Waals surface area contributed by atoms with Crippen molar-refractivity contribution in [2.45, 2.75) is 46.6 Å². The summed E-state index contributed by atoms with van der Waals surface area (Å²) >= 11 is 6.09. The van der Waals surface area contributed by atoms with Crippen LogP contribution >= 0.6 is 11.6 Å². The molecule has 0 spiro atoms. The molecular formula is C20H28ClNO5. The van der Waals surface area contributed by atoms with Gasteiger partial charge in [0.2, 0.25) is 5.76 Å². The second kappa shape index (κ2) is 10.8. The molecule has 0 radical (unpaired) electrons. The molecule has 27 heavy (non-hydrogen) atoms. The van der Waals surface area contributed by atoms with Gasteiger partial charge in [-0.2, -0.15) is 0 Å². The molecule has 1 aromatic carbocycles. The second-order valence-electron chi connectivity index (χ2n) is 7.10. The van der Waals surface area contributed by atoms with Gasteiger partial charge >= 0.3 is 11.9 Å². The zero-order valence-electron chi connectivity index (χ0n) is 16.5. The lowest BCUT2D eigenvalue weighted by atomic mass is 9.89. The molecule has 0 amide bonds. The number of hydrogen-bond acceptors (Lipinski definition) is 6. The maximum Gasteiger partial charge on any atom is 0.375 e. The first kappa shape index (κ1) is 22.8. The molecule has 6 nitrogen and oxygen atoms in total. The van der Waals surface area contributed by atoms with Crippen molar-refractivity contribution in [1.29, 1.82) is 0 Å². The van der Waals surface area contributed by atoms with Gasteiger partial charge in [-0.25, -0.2) is 9.59 Å². The van der Waals surface area contributed by atoms with E-state index in [9.17, 15) is 9.59 Å². The number of para-hydroxylation sites is 1. The molecule has 0 aliphatic rings. The smallest absolute Gasteiger partial charge is 0.375 e. The number of rotatable bonds is 9. The largest absolute Gasteiger partial charge is 0.467 e. The highest BCUT2D eigenvalue weighted by molar-refractivity contribution is 6.32. The molecule has 0 saturated heterocycles. The number of nitrogens with one attached hydrogen (secondary N) is 1. The standard InChI is InChI=1S/C20H28ClNO5/c1-6-26-19(24)17(27-16-10-8-7-9-14(16)21)13-22-15(18(23)25-5)11-12-20(2,3)4/h7-10,13,15,22H,6,11-12H2,1-5H3. The summed E-state index contributed by atoms with van der Waals surface area (Å²) in [6.07, 6.45) is 2.65. The minimum absolute atomic E-state index is 0.0513. The van der Waals surface area contributed by atoms with E-state index in [0.29, 0.717) is 17.2 Å². The summed E-state index contributed by atoms with van der Waals surface area (Å²) in [5, 5.41) is 3.27. The van der Waals surface area contributed by atoms with Gasteiger partial charge in [-0.3, -0.25) is 0 Å². The second-order valence-corrected chi connectivity index (χ2v) is 7.51. The first-order chi connectivity index (χ1) is 12.7. The monoisotopic (exact) mass is 397 g/mol. The van der Waals surface area contributed by atoms with Gasteiger partial charge in [-0.15, -0.1) is 0 Å². The molecule has 1 rings (SSSR count). The molecule has 7 heteroatoms. The summed E-state index contributed by atoms with van der Waals surface area (Å²) in [6, 6.07) is 6.15. The number of hydrogen-bond donors (Lipinski definition) is 1. The maximum atomic E-state index is 12.2. The van der Waals surface area contributed by atoms with Crippen molar-refractivity contribution < 1.29 is 23.8 Å². The van der Waals surface area contributed by atoms with Crippen LogP contribution < -0.4 is 10.1 Å². The van der Waals surface area contributed by atoms with Crippen LogP contribution in [0.2, 0.25) is 5.02 Å². The Bertz CT molecular complexity index is 667. The molecule has 0 aliphatic carbocycles. The zero-order chi connectivity index (χ0) is 20.4. The minimum Gasteiger partial charge on any atom is -0.467 e. The fourth-order valence-corrected chi connectivity index (χ4v) is 2.32. The van der Waals surface area contributed by atoms with Gasteiger partial charge in [0.15, 0.2) is 0 Å². The van der Waals surface area contributed by atoms with Crippen molar-refractivity contribution in [3.63, 3.8) is 0 Å². The van der Waals surface area contributed by atoms with Gasteiger partial charge in [-0.1, -0.05) is 44.5 Å². The number of benzene rings is 1. The van der Waals surface area contributed by atoms with E-state index in [0.717, 1.165) is 6.42 Å².